The van der Waals surface area contributed by atoms with Crippen LogP contribution in [0.15, 0.2) is 15.8 Å². The molecule has 16 heavy (non-hydrogen) atoms. The van der Waals surface area contributed by atoms with Crippen molar-refractivity contribution in [3.63, 3.8) is 0 Å². The van der Waals surface area contributed by atoms with Crippen molar-refractivity contribution < 1.29 is 5.11 Å². The predicted octanol–water partition coefficient (Wildman–Crippen LogP) is -0.136. The smallest absolute Gasteiger partial charge is 0.328 e. The van der Waals surface area contributed by atoms with Gasteiger partial charge in [-0.05, 0) is 31.6 Å². The minimum Gasteiger partial charge on any atom is -0.396 e. The highest BCUT2D eigenvalue weighted by Gasteiger charge is 2.36. The molecule has 0 radical (unpaired) electrons. The van der Waals surface area contributed by atoms with Gasteiger partial charge in [0.25, 0.3) is 5.56 Å². The molecule has 1 aliphatic rings. The summed E-state index contributed by atoms with van der Waals surface area (Å²) in [6.07, 6.45) is 3.47. The van der Waals surface area contributed by atoms with Crippen LogP contribution >= 0.6 is 0 Å². The molecule has 2 N–H and O–H groups in total. The van der Waals surface area contributed by atoms with Crippen molar-refractivity contribution in [2.45, 2.75) is 26.3 Å². The monoisotopic (exact) mass is 224 g/mol. The lowest BCUT2D eigenvalue weighted by Gasteiger charge is -2.04. The van der Waals surface area contributed by atoms with Crippen LogP contribution in [0.25, 0.3) is 0 Å². The van der Waals surface area contributed by atoms with Crippen LogP contribution in [0, 0.1) is 18.8 Å². The zero-order valence-electron chi connectivity index (χ0n) is 9.27. The fourth-order valence-corrected chi connectivity index (χ4v) is 2.06. The number of hydrogen-bond donors (Lipinski definition) is 2. The fourth-order valence-electron chi connectivity index (χ4n) is 2.06. The topological polar surface area (TPSA) is 75.1 Å². The maximum atomic E-state index is 11.5. The lowest BCUT2D eigenvalue weighted by Crippen LogP contribution is -2.31. The van der Waals surface area contributed by atoms with Gasteiger partial charge in [-0.3, -0.25) is 9.78 Å². The Morgan fingerprint density at radius 3 is 2.94 bits per heavy atom. The molecule has 1 saturated carbocycles. The first kappa shape index (κ1) is 11.1. The summed E-state index contributed by atoms with van der Waals surface area (Å²) in [7, 11) is 0. The molecule has 5 nitrogen and oxygen atoms in total. The standard InChI is InChI=1S/C11H16N2O3/c1-7-5-13(11(16)12-10(7)15)6-9-4-8(9)2-3-14/h5,8-9,14H,2-4,6H2,1H3,(H,12,15,16)/t8-,9+/m0/s1. The third kappa shape index (κ3) is 2.24. The van der Waals surface area contributed by atoms with Gasteiger partial charge in [0.1, 0.15) is 0 Å². The zero-order chi connectivity index (χ0) is 11.7. The number of rotatable bonds is 4. The number of aliphatic hydroxyl groups is 1. The zero-order valence-corrected chi connectivity index (χ0v) is 9.27. The van der Waals surface area contributed by atoms with Gasteiger partial charge in [-0.25, -0.2) is 4.79 Å². The average molecular weight is 224 g/mol. The molecule has 1 aromatic rings. The molecule has 2 rings (SSSR count). The van der Waals surface area contributed by atoms with Crippen molar-refractivity contribution in [3.05, 3.63) is 32.6 Å². The minimum atomic E-state index is -0.342. The first-order valence-electron chi connectivity index (χ1n) is 5.53. The summed E-state index contributed by atoms with van der Waals surface area (Å²) in [6, 6.07) is 0. The lowest BCUT2D eigenvalue weighted by atomic mass is 10.2. The molecular formula is C11H16N2O3. The second-order valence-electron chi connectivity index (χ2n) is 4.49. The Kier molecular flexibility index (Phi) is 2.96. The SMILES string of the molecule is Cc1cn(C[C@H]2C[C@@H]2CCO)c(=O)[nH]c1=O. The quantitative estimate of drug-likeness (QED) is 0.747. The van der Waals surface area contributed by atoms with Crippen molar-refractivity contribution in [2.24, 2.45) is 11.8 Å². The third-order valence-corrected chi connectivity index (χ3v) is 3.19. The van der Waals surface area contributed by atoms with Crippen molar-refractivity contribution in [1.29, 1.82) is 0 Å². The van der Waals surface area contributed by atoms with Crippen molar-refractivity contribution in [3.8, 4) is 0 Å². The van der Waals surface area contributed by atoms with Gasteiger partial charge in [0.05, 0.1) is 0 Å². The number of aryl methyl sites for hydroxylation is 1. The Hall–Kier alpha value is -1.36. The molecule has 88 valence electrons. The summed E-state index contributed by atoms with van der Waals surface area (Å²) in [5.41, 5.74) is -0.104. The molecule has 1 fully saturated rings. The van der Waals surface area contributed by atoms with Crippen LogP contribution in [0.4, 0.5) is 0 Å². The van der Waals surface area contributed by atoms with E-state index in [-0.39, 0.29) is 17.9 Å². The number of H-pyrrole nitrogens is 1. The van der Waals surface area contributed by atoms with Crippen LogP contribution in [-0.4, -0.2) is 21.3 Å². The maximum absolute atomic E-state index is 11.5. The number of aromatic amines is 1. The highest BCUT2D eigenvalue weighted by Crippen LogP contribution is 2.41. The number of nitrogens with one attached hydrogen (secondary N) is 1. The highest BCUT2D eigenvalue weighted by molar-refractivity contribution is 5.01. The second-order valence-corrected chi connectivity index (χ2v) is 4.49. The van der Waals surface area contributed by atoms with Crippen LogP contribution in [0.5, 0.6) is 0 Å². The fraction of sp³-hybridized carbons (Fsp3) is 0.636. The number of nitrogens with zero attached hydrogens (tertiary/aromatic N) is 1. The van der Waals surface area contributed by atoms with E-state index < -0.39 is 0 Å². The molecule has 0 aliphatic heterocycles. The molecule has 1 heterocycles. The van der Waals surface area contributed by atoms with E-state index in [0.29, 0.717) is 23.9 Å². The molecule has 5 heteroatoms. The predicted molar refractivity (Wildman–Crippen MR) is 59.4 cm³/mol. The highest BCUT2D eigenvalue weighted by atomic mass is 16.3. The van der Waals surface area contributed by atoms with Crippen LogP contribution < -0.4 is 11.2 Å². The van der Waals surface area contributed by atoms with Crippen LogP contribution in [0.1, 0.15) is 18.4 Å². The Balaban J connectivity index is 2.09. The molecule has 0 bridgehead atoms. The molecule has 0 saturated heterocycles. The number of hydrogen-bond acceptors (Lipinski definition) is 3. The molecular weight excluding hydrogens is 208 g/mol. The molecule has 0 unspecified atom stereocenters. The van der Waals surface area contributed by atoms with Gasteiger partial charge in [-0.15, -0.1) is 0 Å². The lowest BCUT2D eigenvalue weighted by molar-refractivity contribution is 0.275. The van der Waals surface area contributed by atoms with E-state index in [2.05, 4.69) is 4.98 Å². The van der Waals surface area contributed by atoms with E-state index in [1.165, 1.54) is 0 Å². The summed E-state index contributed by atoms with van der Waals surface area (Å²) in [5, 5.41) is 8.78. The maximum Gasteiger partial charge on any atom is 0.328 e. The van der Waals surface area contributed by atoms with E-state index in [4.69, 9.17) is 5.11 Å². The summed E-state index contributed by atoms with van der Waals surface area (Å²) >= 11 is 0. The van der Waals surface area contributed by atoms with E-state index in [1.54, 1.807) is 17.7 Å². The van der Waals surface area contributed by atoms with Crippen LogP contribution in [0.2, 0.25) is 0 Å². The van der Waals surface area contributed by atoms with Crippen LogP contribution in [-0.2, 0) is 6.54 Å². The van der Waals surface area contributed by atoms with Gasteiger partial charge in [-0.1, -0.05) is 0 Å². The molecule has 0 amide bonds. The number of aliphatic hydroxyl groups excluding tert-OH is 1. The summed E-state index contributed by atoms with van der Waals surface area (Å²) in [4.78, 5) is 24.9. The van der Waals surface area contributed by atoms with Gasteiger partial charge in [0, 0.05) is 24.9 Å². The van der Waals surface area contributed by atoms with Crippen molar-refractivity contribution >= 4 is 0 Å². The van der Waals surface area contributed by atoms with E-state index in [1.807, 2.05) is 0 Å². The van der Waals surface area contributed by atoms with E-state index in [9.17, 15) is 9.59 Å². The van der Waals surface area contributed by atoms with Gasteiger partial charge in [-0.2, -0.15) is 0 Å². The largest absolute Gasteiger partial charge is 0.396 e. The molecule has 1 aromatic heterocycles. The number of aromatic nitrogens is 2. The molecule has 0 spiro atoms. The summed E-state index contributed by atoms with van der Waals surface area (Å²) in [6.45, 7) is 2.54. The first-order chi connectivity index (χ1) is 7.61. The third-order valence-electron chi connectivity index (χ3n) is 3.19. The van der Waals surface area contributed by atoms with Gasteiger partial charge in [0.2, 0.25) is 0 Å². The van der Waals surface area contributed by atoms with E-state index >= 15 is 0 Å². The average Bonchev–Trinajstić information content (AvgIpc) is 2.94. The van der Waals surface area contributed by atoms with E-state index in [0.717, 1.165) is 12.8 Å². The summed E-state index contributed by atoms with van der Waals surface area (Å²) < 4.78 is 1.55. The second kappa shape index (κ2) is 4.25. The Labute approximate surface area is 92.7 Å². The van der Waals surface area contributed by atoms with Gasteiger partial charge < -0.3 is 9.67 Å². The summed E-state index contributed by atoms with van der Waals surface area (Å²) in [5.74, 6) is 0.999. The molecule has 1 aliphatic carbocycles. The Bertz CT molecular complexity index is 489. The normalized spacial score (nSPS) is 23.4. The first-order valence-corrected chi connectivity index (χ1v) is 5.53. The Morgan fingerprint density at radius 1 is 1.50 bits per heavy atom. The van der Waals surface area contributed by atoms with Crippen molar-refractivity contribution in [2.75, 3.05) is 6.61 Å². The van der Waals surface area contributed by atoms with Gasteiger partial charge >= 0.3 is 5.69 Å². The molecule has 0 aromatic carbocycles. The minimum absolute atomic E-state index is 0.209. The Morgan fingerprint density at radius 2 is 2.25 bits per heavy atom. The van der Waals surface area contributed by atoms with Crippen molar-refractivity contribution in [1.82, 2.24) is 9.55 Å². The van der Waals surface area contributed by atoms with Gasteiger partial charge in [0.15, 0.2) is 0 Å². The van der Waals surface area contributed by atoms with Crippen LogP contribution in [0.3, 0.4) is 0 Å². The molecule has 2 atom stereocenters.